The van der Waals surface area contributed by atoms with Gasteiger partial charge in [-0.15, -0.1) is 0 Å². The van der Waals surface area contributed by atoms with Crippen LogP contribution in [0.3, 0.4) is 0 Å². The van der Waals surface area contributed by atoms with Gasteiger partial charge in [0.25, 0.3) is 0 Å². The zero-order chi connectivity index (χ0) is 18.1. The van der Waals surface area contributed by atoms with Crippen LogP contribution >= 0.6 is 0 Å². The molecule has 3 saturated heterocycles. The van der Waals surface area contributed by atoms with Gasteiger partial charge in [0, 0.05) is 31.7 Å². The van der Waals surface area contributed by atoms with E-state index in [2.05, 4.69) is 10.2 Å². The molecule has 1 aromatic rings. The van der Waals surface area contributed by atoms with Crippen molar-refractivity contribution in [1.82, 2.24) is 14.5 Å². The Kier molecular flexibility index (Phi) is 5.03. The third kappa shape index (κ3) is 3.28. The van der Waals surface area contributed by atoms with E-state index < -0.39 is 10.0 Å². The molecule has 4 rings (SSSR count). The molecular weight excluding hydrogens is 350 g/mol. The first kappa shape index (κ1) is 17.9. The van der Waals surface area contributed by atoms with Crippen LogP contribution in [0.1, 0.15) is 32.1 Å². The molecule has 3 aliphatic heterocycles. The fraction of sp³-hybridized carbons (Fsp3) is 0.632. The van der Waals surface area contributed by atoms with Gasteiger partial charge < -0.3 is 10.2 Å². The molecule has 0 aliphatic carbocycles. The maximum Gasteiger partial charge on any atom is 0.243 e. The van der Waals surface area contributed by atoms with Gasteiger partial charge in [-0.2, -0.15) is 4.31 Å². The number of nitrogens with one attached hydrogen (secondary N) is 1. The molecule has 0 aromatic heterocycles. The molecule has 26 heavy (non-hydrogen) atoms. The van der Waals surface area contributed by atoms with Crippen molar-refractivity contribution in [2.45, 2.75) is 49.1 Å². The Morgan fingerprint density at radius 3 is 2.62 bits per heavy atom. The van der Waals surface area contributed by atoms with Gasteiger partial charge in [-0.05, 0) is 50.8 Å². The number of hydrogen-bond donors (Lipinski definition) is 1. The molecule has 0 saturated carbocycles. The number of piperidine rings is 1. The number of benzene rings is 1. The Labute approximate surface area is 155 Å². The standard InChI is InChI=1S/C19H27N3O3S/c23-19(22-16-8-9-17(22)13-20-11-10-16)15-5-4-12-21(14-15)26(24,25)18-6-2-1-3-7-18/h1-3,6-7,15-17,20H,4-5,8-14H2. The highest BCUT2D eigenvalue weighted by Crippen LogP contribution is 2.32. The number of sulfonamides is 1. The predicted octanol–water partition coefficient (Wildman–Crippen LogP) is 1.44. The number of carbonyl (C=O) groups is 1. The summed E-state index contributed by atoms with van der Waals surface area (Å²) in [7, 11) is -3.53. The van der Waals surface area contributed by atoms with Crippen molar-refractivity contribution in [3.63, 3.8) is 0 Å². The second kappa shape index (κ2) is 7.29. The van der Waals surface area contributed by atoms with E-state index in [1.807, 2.05) is 6.07 Å². The molecule has 3 heterocycles. The Balaban J connectivity index is 1.51. The first-order valence-electron chi connectivity index (χ1n) is 9.65. The van der Waals surface area contributed by atoms with Crippen molar-refractivity contribution in [2.24, 2.45) is 5.92 Å². The maximum atomic E-state index is 13.3. The fourth-order valence-electron chi connectivity index (χ4n) is 4.66. The summed E-state index contributed by atoms with van der Waals surface area (Å²) in [5.41, 5.74) is 0. The number of carbonyl (C=O) groups excluding carboxylic acids is 1. The van der Waals surface area contributed by atoms with Crippen LogP contribution in [0, 0.1) is 5.92 Å². The summed E-state index contributed by atoms with van der Waals surface area (Å²) in [5.74, 6) is -0.0578. The Bertz CT molecular complexity index is 739. The molecule has 3 aliphatic rings. The molecule has 1 N–H and O–H groups in total. The SMILES string of the molecule is O=C(C1CCCN(S(=O)(=O)c2ccccc2)C1)N1C2CCNCC1CC2. The molecule has 3 fully saturated rings. The Morgan fingerprint density at radius 2 is 1.81 bits per heavy atom. The molecule has 2 bridgehead atoms. The normalized spacial score (nSPS) is 30.2. The zero-order valence-corrected chi connectivity index (χ0v) is 15.8. The van der Waals surface area contributed by atoms with Gasteiger partial charge in [-0.1, -0.05) is 18.2 Å². The minimum atomic E-state index is -3.53. The number of rotatable bonds is 3. The number of amides is 1. The van der Waals surface area contributed by atoms with E-state index in [-0.39, 0.29) is 17.9 Å². The summed E-state index contributed by atoms with van der Waals surface area (Å²) in [6.07, 6.45) is 4.66. The summed E-state index contributed by atoms with van der Waals surface area (Å²) >= 11 is 0. The molecule has 3 atom stereocenters. The summed E-state index contributed by atoms with van der Waals surface area (Å²) < 4.78 is 27.3. The molecule has 1 amide bonds. The van der Waals surface area contributed by atoms with Crippen molar-refractivity contribution in [1.29, 1.82) is 0 Å². The van der Waals surface area contributed by atoms with Crippen LogP contribution < -0.4 is 5.32 Å². The monoisotopic (exact) mass is 377 g/mol. The molecule has 0 radical (unpaired) electrons. The molecule has 1 aromatic carbocycles. The van der Waals surface area contributed by atoms with Crippen molar-refractivity contribution in [2.75, 3.05) is 26.2 Å². The lowest BCUT2D eigenvalue weighted by molar-refractivity contribution is -0.139. The average Bonchev–Trinajstić information content (AvgIpc) is 2.94. The zero-order valence-electron chi connectivity index (χ0n) is 15.0. The summed E-state index contributed by atoms with van der Waals surface area (Å²) in [6, 6.07) is 9.14. The van der Waals surface area contributed by atoms with Gasteiger partial charge in [0.2, 0.25) is 15.9 Å². The molecule has 7 heteroatoms. The van der Waals surface area contributed by atoms with E-state index in [0.717, 1.165) is 45.2 Å². The molecular formula is C19H27N3O3S. The second-order valence-corrected chi connectivity index (χ2v) is 9.58. The highest BCUT2D eigenvalue weighted by molar-refractivity contribution is 7.89. The minimum absolute atomic E-state index is 0.161. The number of fused-ring (bicyclic) bond motifs is 2. The minimum Gasteiger partial charge on any atom is -0.335 e. The highest BCUT2D eigenvalue weighted by atomic mass is 32.2. The molecule has 142 valence electrons. The first-order valence-corrected chi connectivity index (χ1v) is 11.1. The van der Waals surface area contributed by atoms with Gasteiger partial charge in [0.05, 0.1) is 10.8 Å². The molecule has 6 nitrogen and oxygen atoms in total. The lowest BCUT2D eigenvalue weighted by Gasteiger charge is -2.36. The van der Waals surface area contributed by atoms with Crippen LogP contribution in [0.25, 0.3) is 0 Å². The van der Waals surface area contributed by atoms with Crippen LogP contribution in [-0.2, 0) is 14.8 Å². The van der Waals surface area contributed by atoms with E-state index in [4.69, 9.17) is 0 Å². The summed E-state index contributed by atoms with van der Waals surface area (Å²) in [4.78, 5) is 15.7. The van der Waals surface area contributed by atoms with Crippen LogP contribution in [0.15, 0.2) is 35.2 Å². The Hall–Kier alpha value is -1.44. The smallest absolute Gasteiger partial charge is 0.243 e. The highest BCUT2D eigenvalue weighted by Gasteiger charge is 2.42. The van der Waals surface area contributed by atoms with Gasteiger partial charge in [0.1, 0.15) is 0 Å². The van der Waals surface area contributed by atoms with Crippen LogP contribution in [0.2, 0.25) is 0 Å². The lowest BCUT2D eigenvalue weighted by atomic mass is 9.97. The lowest BCUT2D eigenvalue weighted by Crippen LogP contribution is -2.50. The molecule has 3 unspecified atom stereocenters. The van der Waals surface area contributed by atoms with E-state index in [1.54, 1.807) is 24.3 Å². The fourth-order valence-corrected chi connectivity index (χ4v) is 6.20. The summed E-state index contributed by atoms with van der Waals surface area (Å²) in [5, 5.41) is 3.42. The van der Waals surface area contributed by atoms with Gasteiger partial charge in [0.15, 0.2) is 0 Å². The number of hydrogen-bond acceptors (Lipinski definition) is 4. The van der Waals surface area contributed by atoms with Crippen LogP contribution in [0.5, 0.6) is 0 Å². The van der Waals surface area contributed by atoms with E-state index in [1.165, 1.54) is 4.31 Å². The van der Waals surface area contributed by atoms with Crippen LogP contribution in [-0.4, -0.2) is 61.8 Å². The van der Waals surface area contributed by atoms with Gasteiger partial charge >= 0.3 is 0 Å². The van der Waals surface area contributed by atoms with Crippen molar-refractivity contribution >= 4 is 15.9 Å². The van der Waals surface area contributed by atoms with Crippen LogP contribution in [0.4, 0.5) is 0 Å². The number of nitrogens with zero attached hydrogens (tertiary/aromatic N) is 2. The van der Waals surface area contributed by atoms with E-state index in [9.17, 15) is 13.2 Å². The van der Waals surface area contributed by atoms with E-state index >= 15 is 0 Å². The largest absolute Gasteiger partial charge is 0.335 e. The predicted molar refractivity (Wildman–Crippen MR) is 99.1 cm³/mol. The first-order chi connectivity index (χ1) is 12.6. The summed E-state index contributed by atoms with van der Waals surface area (Å²) in [6.45, 7) is 2.62. The van der Waals surface area contributed by atoms with Crippen molar-refractivity contribution in [3.05, 3.63) is 30.3 Å². The van der Waals surface area contributed by atoms with E-state index in [0.29, 0.717) is 24.0 Å². The topological polar surface area (TPSA) is 69.7 Å². The quantitative estimate of drug-likeness (QED) is 0.865. The second-order valence-electron chi connectivity index (χ2n) is 7.64. The van der Waals surface area contributed by atoms with Crippen molar-refractivity contribution in [3.8, 4) is 0 Å². The van der Waals surface area contributed by atoms with Gasteiger partial charge in [-0.3, -0.25) is 4.79 Å². The third-order valence-electron chi connectivity index (χ3n) is 6.02. The maximum absolute atomic E-state index is 13.3. The third-order valence-corrected chi connectivity index (χ3v) is 7.90. The Morgan fingerprint density at radius 1 is 1.04 bits per heavy atom. The molecule has 0 spiro atoms. The van der Waals surface area contributed by atoms with Crippen molar-refractivity contribution < 1.29 is 13.2 Å². The van der Waals surface area contributed by atoms with Gasteiger partial charge in [-0.25, -0.2) is 8.42 Å². The average molecular weight is 378 g/mol.